The molecule has 8 heteroatoms. The average Bonchev–Trinajstić information content (AvgIpc) is 3.03. The van der Waals surface area contributed by atoms with Gasteiger partial charge in [-0.15, -0.1) is 0 Å². The number of aliphatic hydroxyl groups is 1. The highest BCUT2D eigenvalue weighted by atomic mass is 32.2. The molecule has 0 saturated heterocycles. The van der Waals surface area contributed by atoms with Crippen LogP contribution in [0.2, 0.25) is 0 Å². The molecule has 0 spiro atoms. The fraction of sp³-hybridized carbons (Fsp3) is 0.455. The van der Waals surface area contributed by atoms with Crippen molar-refractivity contribution in [3.05, 3.63) is 47.4 Å². The molecule has 3 aromatic rings. The van der Waals surface area contributed by atoms with Gasteiger partial charge in [0.05, 0.1) is 17.0 Å². The maximum atomic E-state index is 12.0. The molecule has 2 atom stereocenters. The van der Waals surface area contributed by atoms with Crippen LogP contribution < -0.4 is 4.90 Å². The van der Waals surface area contributed by atoms with Gasteiger partial charge in [-0.1, -0.05) is 19.9 Å². The van der Waals surface area contributed by atoms with Gasteiger partial charge in [0.25, 0.3) is 0 Å². The van der Waals surface area contributed by atoms with Crippen LogP contribution in [-0.4, -0.2) is 40.9 Å². The van der Waals surface area contributed by atoms with Gasteiger partial charge in [-0.05, 0) is 38.0 Å². The van der Waals surface area contributed by atoms with Gasteiger partial charge < -0.3 is 14.6 Å². The van der Waals surface area contributed by atoms with Gasteiger partial charge in [0.1, 0.15) is 0 Å². The summed E-state index contributed by atoms with van der Waals surface area (Å²) in [5.41, 5.74) is 3.60. The smallest absolute Gasteiger partial charge is 0.226 e. The van der Waals surface area contributed by atoms with Crippen LogP contribution in [0.5, 0.6) is 0 Å². The van der Waals surface area contributed by atoms with E-state index in [1.165, 1.54) is 6.26 Å². The van der Waals surface area contributed by atoms with E-state index in [2.05, 4.69) is 34.4 Å². The number of aromatic nitrogens is 3. The zero-order valence-electron chi connectivity index (χ0n) is 18.0. The van der Waals surface area contributed by atoms with E-state index in [4.69, 9.17) is 4.98 Å². The minimum absolute atomic E-state index is 0.0598. The Labute approximate surface area is 177 Å². The van der Waals surface area contributed by atoms with E-state index < -0.39 is 15.9 Å². The van der Waals surface area contributed by atoms with Gasteiger partial charge in [-0.2, -0.15) is 0 Å². The van der Waals surface area contributed by atoms with Crippen molar-refractivity contribution in [2.45, 2.75) is 51.3 Å². The molecule has 7 nitrogen and oxygen atoms in total. The summed E-state index contributed by atoms with van der Waals surface area (Å²) in [7, 11) is -3.26. The second kappa shape index (κ2) is 7.35. The molecule has 1 N–H and O–H groups in total. The van der Waals surface area contributed by atoms with Crippen LogP contribution in [-0.2, 0) is 16.4 Å². The van der Waals surface area contributed by atoms with E-state index in [1.807, 2.05) is 13.0 Å². The number of sulfone groups is 1. The molecule has 0 aliphatic carbocycles. The largest absolute Gasteiger partial charge is 0.389 e. The topological polar surface area (TPSA) is 88.3 Å². The molecule has 0 saturated carbocycles. The lowest BCUT2D eigenvalue weighted by Crippen LogP contribution is -2.41. The quantitative estimate of drug-likeness (QED) is 0.685. The van der Waals surface area contributed by atoms with Crippen molar-refractivity contribution in [1.29, 1.82) is 0 Å². The van der Waals surface area contributed by atoms with Crippen molar-refractivity contribution in [2.75, 3.05) is 17.7 Å². The van der Waals surface area contributed by atoms with Crippen molar-refractivity contribution in [1.82, 2.24) is 14.5 Å². The Kier molecular flexibility index (Phi) is 5.10. The molecule has 4 rings (SSSR count). The minimum atomic E-state index is -3.26. The van der Waals surface area contributed by atoms with E-state index >= 15 is 0 Å². The van der Waals surface area contributed by atoms with Crippen LogP contribution in [0.15, 0.2) is 35.4 Å². The summed E-state index contributed by atoms with van der Waals surface area (Å²) < 4.78 is 26.3. The third-order valence-electron chi connectivity index (χ3n) is 5.88. The summed E-state index contributed by atoms with van der Waals surface area (Å²) >= 11 is 0. The Bertz CT molecular complexity index is 1210. The molecule has 2 aromatic heterocycles. The van der Waals surface area contributed by atoms with Gasteiger partial charge in [-0.3, -0.25) is 0 Å². The Balaban J connectivity index is 1.82. The van der Waals surface area contributed by atoms with Crippen molar-refractivity contribution < 1.29 is 13.5 Å². The van der Waals surface area contributed by atoms with Crippen LogP contribution in [0, 0.1) is 12.8 Å². The second-order valence-electron chi connectivity index (χ2n) is 8.48. The number of nitrogens with zero attached hydrogens (tertiary/aromatic N) is 4. The van der Waals surface area contributed by atoms with Gasteiger partial charge in [0.15, 0.2) is 9.84 Å². The van der Waals surface area contributed by atoms with Crippen LogP contribution in [0.1, 0.15) is 49.9 Å². The summed E-state index contributed by atoms with van der Waals surface area (Å²) in [6.07, 6.45) is 2.35. The third-order valence-corrected chi connectivity index (χ3v) is 6.99. The third kappa shape index (κ3) is 3.48. The maximum absolute atomic E-state index is 12.0. The van der Waals surface area contributed by atoms with Crippen molar-refractivity contribution in [3.63, 3.8) is 0 Å². The van der Waals surface area contributed by atoms with Crippen molar-refractivity contribution in [3.8, 4) is 0 Å². The molecule has 3 heterocycles. The molecule has 30 heavy (non-hydrogen) atoms. The molecule has 0 fully saturated rings. The predicted molar refractivity (Wildman–Crippen MR) is 117 cm³/mol. The zero-order valence-corrected chi connectivity index (χ0v) is 18.8. The van der Waals surface area contributed by atoms with Crippen LogP contribution in [0.25, 0.3) is 10.9 Å². The van der Waals surface area contributed by atoms with Crippen molar-refractivity contribution >= 4 is 26.7 Å². The lowest BCUT2D eigenvalue weighted by atomic mass is 9.97. The number of rotatable bonds is 4. The fourth-order valence-corrected chi connectivity index (χ4v) is 5.07. The number of anilines is 1. The number of aryl methyl sites for hydroxylation is 1. The summed E-state index contributed by atoms with van der Waals surface area (Å²) in [6, 6.07) is 7.54. The van der Waals surface area contributed by atoms with E-state index in [9.17, 15) is 13.5 Å². The molecule has 1 aromatic carbocycles. The molecular weight excluding hydrogens is 400 g/mol. The van der Waals surface area contributed by atoms with Gasteiger partial charge in [-0.25, -0.2) is 18.4 Å². The zero-order chi connectivity index (χ0) is 21.8. The average molecular weight is 429 g/mol. The normalized spacial score (nSPS) is 18.1. The first-order chi connectivity index (χ1) is 14.1. The highest BCUT2D eigenvalue weighted by Crippen LogP contribution is 2.38. The number of fused-ring (bicyclic) bond motifs is 3. The monoisotopic (exact) mass is 428 g/mol. The fourth-order valence-electron chi connectivity index (χ4n) is 4.43. The Morgan fingerprint density at radius 1 is 1.17 bits per heavy atom. The van der Waals surface area contributed by atoms with Crippen molar-refractivity contribution in [2.24, 2.45) is 5.92 Å². The maximum Gasteiger partial charge on any atom is 0.226 e. The molecule has 0 unspecified atom stereocenters. The predicted octanol–water partition coefficient (Wildman–Crippen LogP) is 3.41. The molecular formula is C22H28N4O3S. The number of hydrogen-bond acceptors (Lipinski definition) is 6. The first-order valence-corrected chi connectivity index (χ1v) is 12.1. The first-order valence-electron chi connectivity index (χ1n) is 10.2. The molecule has 0 amide bonds. The first kappa shape index (κ1) is 20.8. The molecule has 1 aliphatic heterocycles. The number of benzene rings is 1. The lowest BCUT2D eigenvalue weighted by Gasteiger charge is -2.39. The molecule has 1 aliphatic rings. The van der Waals surface area contributed by atoms with Gasteiger partial charge in [0.2, 0.25) is 5.95 Å². The van der Waals surface area contributed by atoms with Crippen LogP contribution in [0.3, 0.4) is 0 Å². The second-order valence-corrected chi connectivity index (χ2v) is 10.5. The van der Waals surface area contributed by atoms with E-state index in [0.29, 0.717) is 16.8 Å². The summed E-state index contributed by atoms with van der Waals surface area (Å²) in [4.78, 5) is 11.8. The number of hydrogen-bond donors (Lipinski definition) is 1. The minimum Gasteiger partial charge on any atom is -0.389 e. The summed E-state index contributed by atoms with van der Waals surface area (Å²) in [6.45, 7) is 9.39. The highest BCUT2D eigenvalue weighted by Gasteiger charge is 2.33. The van der Waals surface area contributed by atoms with E-state index in [-0.39, 0.29) is 6.04 Å². The standard InChI is InChI=1S/C22H28N4O3S/c1-13(2)21-20-10-16-6-7-17(30(5,28)29)11-19(16)25(20)8-9-26(21)22-23-12-18(15(4)27)14(3)24-22/h6-7,10-13,15,21,27H,8-9H2,1-5H3/t15-,21+/m0/s1. The SMILES string of the molecule is Cc1nc(N2CCn3c(cc4ccc(S(C)(=O)=O)cc43)[C@H]2C(C)C)ncc1[C@H](C)O. The van der Waals surface area contributed by atoms with Crippen LogP contribution in [0.4, 0.5) is 5.95 Å². The number of aliphatic hydroxyl groups excluding tert-OH is 1. The Morgan fingerprint density at radius 2 is 1.90 bits per heavy atom. The van der Waals surface area contributed by atoms with Gasteiger partial charge >= 0.3 is 0 Å². The molecule has 0 radical (unpaired) electrons. The van der Waals surface area contributed by atoms with Crippen LogP contribution >= 0.6 is 0 Å². The Hall–Kier alpha value is -2.45. The van der Waals surface area contributed by atoms with E-state index in [0.717, 1.165) is 40.9 Å². The lowest BCUT2D eigenvalue weighted by molar-refractivity contribution is 0.197. The van der Waals surface area contributed by atoms with Gasteiger partial charge in [0, 0.05) is 53.4 Å². The van der Waals surface area contributed by atoms with E-state index in [1.54, 1.807) is 25.3 Å². The summed E-state index contributed by atoms with van der Waals surface area (Å²) in [5.74, 6) is 0.951. The molecule has 0 bridgehead atoms. The summed E-state index contributed by atoms with van der Waals surface area (Å²) in [5, 5.41) is 10.9. The Morgan fingerprint density at radius 3 is 2.50 bits per heavy atom. The highest BCUT2D eigenvalue weighted by molar-refractivity contribution is 7.90. The molecule has 160 valence electrons.